The fourth-order valence-corrected chi connectivity index (χ4v) is 2.54. The Hall–Kier alpha value is -1.30. The second-order valence-corrected chi connectivity index (χ2v) is 5.21. The largest absolute Gasteiger partial charge is 0.480 e. The Balaban J connectivity index is 1.77. The van der Waals surface area contributed by atoms with E-state index >= 15 is 0 Å². The summed E-state index contributed by atoms with van der Waals surface area (Å²) in [6.07, 6.45) is 4.08. The lowest BCUT2D eigenvalue weighted by Crippen LogP contribution is -2.46. The molecule has 2 rings (SSSR count). The van der Waals surface area contributed by atoms with E-state index in [1.807, 2.05) is 0 Å². The molecule has 2 aliphatic rings. The van der Waals surface area contributed by atoms with Crippen molar-refractivity contribution in [2.24, 2.45) is 5.92 Å². The number of hydrogen-bond acceptors (Lipinski definition) is 3. The van der Waals surface area contributed by atoms with Gasteiger partial charge in [0.25, 0.3) is 0 Å². The van der Waals surface area contributed by atoms with E-state index in [1.54, 1.807) is 0 Å². The molecule has 0 spiro atoms. The maximum absolute atomic E-state index is 11.8. The normalized spacial score (nSPS) is 27.9. The number of carbonyl (C=O) groups is 2. The number of nitrogens with zero attached hydrogens (tertiary/aromatic N) is 1. The average Bonchev–Trinajstić information content (AvgIpc) is 2.64. The summed E-state index contributed by atoms with van der Waals surface area (Å²) < 4.78 is 0. The molecule has 0 radical (unpaired) electrons. The number of carboxylic acid groups (broad SMARTS) is 1. The number of likely N-dealkylation sites (tertiary alicyclic amines) is 1. The topological polar surface area (TPSA) is 89.9 Å². The van der Waals surface area contributed by atoms with E-state index in [-0.39, 0.29) is 19.0 Å². The molecule has 102 valence electrons. The fourth-order valence-electron chi connectivity index (χ4n) is 2.54. The summed E-state index contributed by atoms with van der Waals surface area (Å²) >= 11 is 0. The summed E-state index contributed by atoms with van der Waals surface area (Å²) in [6, 6.07) is -1.28. The minimum Gasteiger partial charge on any atom is -0.480 e. The molecule has 18 heavy (non-hydrogen) atoms. The number of amides is 2. The van der Waals surface area contributed by atoms with Crippen molar-refractivity contribution in [1.29, 1.82) is 0 Å². The Bertz CT molecular complexity index is 330. The Morgan fingerprint density at radius 2 is 2.06 bits per heavy atom. The standard InChI is InChI=1S/C12H20N2O4/c15-9-6-10(11(16)17)14(7-9)12(18)13-5-4-8-2-1-3-8/h8-10,15H,1-7H2,(H,13,18)(H,16,17)/t9-,10-/m0/s1. The van der Waals surface area contributed by atoms with Crippen molar-refractivity contribution >= 4 is 12.0 Å². The van der Waals surface area contributed by atoms with Crippen LogP contribution in [0, 0.1) is 5.92 Å². The highest BCUT2D eigenvalue weighted by atomic mass is 16.4. The van der Waals surface area contributed by atoms with Crippen LogP contribution in [0.4, 0.5) is 4.79 Å². The van der Waals surface area contributed by atoms with Gasteiger partial charge in [0, 0.05) is 19.5 Å². The van der Waals surface area contributed by atoms with Crippen LogP contribution in [0.2, 0.25) is 0 Å². The molecule has 1 heterocycles. The summed E-state index contributed by atoms with van der Waals surface area (Å²) in [6.45, 7) is 0.689. The Labute approximate surface area is 106 Å². The second-order valence-electron chi connectivity index (χ2n) is 5.21. The first-order valence-electron chi connectivity index (χ1n) is 6.53. The van der Waals surface area contributed by atoms with Gasteiger partial charge in [-0.3, -0.25) is 0 Å². The summed E-state index contributed by atoms with van der Waals surface area (Å²) in [5, 5.41) is 21.2. The molecule has 1 saturated heterocycles. The monoisotopic (exact) mass is 256 g/mol. The average molecular weight is 256 g/mol. The molecule has 0 aromatic rings. The van der Waals surface area contributed by atoms with Crippen LogP contribution in [-0.2, 0) is 4.79 Å². The zero-order chi connectivity index (χ0) is 13.1. The van der Waals surface area contributed by atoms with E-state index in [9.17, 15) is 14.7 Å². The number of rotatable bonds is 4. The summed E-state index contributed by atoms with van der Waals surface area (Å²) in [4.78, 5) is 24.0. The number of carbonyl (C=O) groups excluding carboxylic acids is 1. The number of aliphatic hydroxyl groups is 1. The van der Waals surface area contributed by atoms with Crippen LogP contribution >= 0.6 is 0 Å². The molecule has 2 amide bonds. The molecule has 2 fully saturated rings. The predicted octanol–water partition coefficient (Wildman–Crippen LogP) is 0.406. The van der Waals surface area contributed by atoms with Crippen LogP contribution in [-0.4, -0.2) is 52.3 Å². The van der Waals surface area contributed by atoms with Crippen molar-refractivity contribution in [3.8, 4) is 0 Å². The van der Waals surface area contributed by atoms with E-state index in [1.165, 1.54) is 24.2 Å². The smallest absolute Gasteiger partial charge is 0.326 e. The van der Waals surface area contributed by atoms with Gasteiger partial charge in [-0.1, -0.05) is 19.3 Å². The third-order valence-electron chi connectivity index (χ3n) is 3.88. The molecule has 0 bridgehead atoms. The molecule has 1 aliphatic heterocycles. The number of aliphatic hydroxyl groups excluding tert-OH is 1. The summed E-state index contributed by atoms with van der Waals surface area (Å²) in [7, 11) is 0. The van der Waals surface area contributed by atoms with Crippen molar-refractivity contribution in [3.05, 3.63) is 0 Å². The Morgan fingerprint density at radius 1 is 1.33 bits per heavy atom. The van der Waals surface area contributed by atoms with Gasteiger partial charge in [-0.2, -0.15) is 0 Å². The highest BCUT2D eigenvalue weighted by Gasteiger charge is 2.38. The van der Waals surface area contributed by atoms with Gasteiger partial charge in [-0.05, 0) is 12.3 Å². The number of carboxylic acids is 1. The predicted molar refractivity (Wildman–Crippen MR) is 64.1 cm³/mol. The first-order chi connectivity index (χ1) is 8.58. The molecule has 0 aromatic carbocycles. The van der Waals surface area contributed by atoms with E-state index in [2.05, 4.69) is 5.32 Å². The maximum Gasteiger partial charge on any atom is 0.326 e. The molecule has 0 aromatic heterocycles. The zero-order valence-electron chi connectivity index (χ0n) is 10.3. The lowest BCUT2D eigenvalue weighted by molar-refractivity contribution is -0.141. The van der Waals surface area contributed by atoms with Gasteiger partial charge >= 0.3 is 12.0 Å². The SMILES string of the molecule is O=C(O)[C@@H]1C[C@H](O)CN1C(=O)NCCC1CCC1. The van der Waals surface area contributed by atoms with Gasteiger partial charge in [0.05, 0.1) is 6.10 Å². The van der Waals surface area contributed by atoms with Crippen LogP contribution in [0.25, 0.3) is 0 Å². The lowest BCUT2D eigenvalue weighted by atomic mass is 9.83. The first kappa shape index (κ1) is 13.1. The van der Waals surface area contributed by atoms with Gasteiger partial charge < -0.3 is 20.4 Å². The number of nitrogens with one attached hydrogen (secondary N) is 1. The van der Waals surface area contributed by atoms with E-state index in [0.717, 1.165) is 6.42 Å². The van der Waals surface area contributed by atoms with Gasteiger partial charge in [0.1, 0.15) is 6.04 Å². The molecule has 0 unspecified atom stereocenters. The molecule has 3 N–H and O–H groups in total. The van der Waals surface area contributed by atoms with Crippen LogP contribution in [0.1, 0.15) is 32.1 Å². The molecular weight excluding hydrogens is 236 g/mol. The van der Waals surface area contributed by atoms with Gasteiger partial charge in [0.15, 0.2) is 0 Å². The van der Waals surface area contributed by atoms with E-state index in [4.69, 9.17) is 5.11 Å². The molecule has 6 heteroatoms. The first-order valence-corrected chi connectivity index (χ1v) is 6.53. The highest BCUT2D eigenvalue weighted by molar-refractivity contribution is 5.83. The van der Waals surface area contributed by atoms with E-state index < -0.39 is 18.1 Å². The molecule has 2 atom stereocenters. The quantitative estimate of drug-likeness (QED) is 0.679. The van der Waals surface area contributed by atoms with Crippen molar-refractivity contribution in [3.63, 3.8) is 0 Å². The second kappa shape index (κ2) is 5.56. The van der Waals surface area contributed by atoms with Crippen molar-refractivity contribution in [1.82, 2.24) is 10.2 Å². The number of hydrogen-bond donors (Lipinski definition) is 3. The van der Waals surface area contributed by atoms with Crippen molar-refractivity contribution in [2.75, 3.05) is 13.1 Å². The summed E-state index contributed by atoms with van der Waals surface area (Å²) in [5.41, 5.74) is 0. The van der Waals surface area contributed by atoms with Crippen LogP contribution < -0.4 is 5.32 Å². The summed E-state index contributed by atoms with van der Waals surface area (Å²) in [5.74, 6) is -0.342. The molecule has 1 aliphatic carbocycles. The minimum absolute atomic E-state index is 0.103. The number of β-amino-alcohol motifs (C(OH)–C–C–N with tert-alkyl or cyclic N) is 1. The van der Waals surface area contributed by atoms with Crippen LogP contribution in [0.5, 0.6) is 0 Å². The third kappa shape index (κ3) is 2.93. The maximum atomic E-state index is 11.8. The van der Waals surface area contributed by atoms with Crippen molar-refractivity contribution < 1.29 is 19.8 Å². The number of urea groups is 1. The van der Waals surface area contributed by atoms with Crippen LogP contribution in [0.15, 0.2) is 0 Å². The van der Waals surface area contributed by atoms with E-state index in [0.29, 0.717) is 12.5 Å². The Kier molecular flexibility index (Phi) is 4.06. The number of aliphatic carboxylic acids is 1. The van der Waals surface area contributed by atoms with Crippen molar-refractivity contribution in [2.45, 2.75) is 44.2 Å². The van der Waals surface area contributed by atoms with Crippen LogP contribution in [0.3, 0.4) is 0 Å². The minimum atomic E-state index is -1.05. The zero-order valence-corrected chi connectivity index (χ0v) is 10.3. The molecule has 1 saturated carbocycles. The Morgan fingerprint density at radius 3 is 2.61 bits per heavy atom. The molecule has 6 nitrogen and oxygen atoms in total. The van der Waals surface area contributed by atoms with Gasteiger partial charge in [0.2, 0.25) is 0 Å². The fraction of sp³-hybridized carbons (Fsp3) is 0.833. The lowest BCUT2D eigenvalue weighted by Gasteiger charge is -2.26. The third-order valence-corrected chi connectivity index (χ3v) is 3.88. The highest BCUT2D eigenvalue weighted by Crippen LogP contribution is 2.28. The van der Waals surface area contributed by atoms with Gasteiger partial charge in [-0.25, -0.2) is 9.59 Å². The molecular formula is C12H20N2O4. The van der Waals surface area contributed by atoms with Gasteiger partial charge in [-0.15, -0.1) is 0 Å².